The van der Waals surface area contributed by atoms with Crippen LogP contribution in [0.15, 0.2) is 48.8 Å². The molecular formula is C22H31N3O2. The summed E-state index contributed by atoms with van der Waals surface area (Å²) in [6.45, 7) is 2.99. The molecule has 0 unspecified atom stereocenters. The lowest BCUT2D eigenvalue weighted by Crippen LogP contribution is -2.19. The van der Waals surface area contributed by atoms with Gasteiger partial charge in [-0.05, 0) is 42.8 Å². The predicted octanol–water partition coefficient (Wildman–Crippen LogP) is 6.25. The number of aromatic nitrogens is 1. The number of unbranched alkanes of at least 4 members (excludes halogenated alkanes) is 7. The molecule has 2 amide bonds. The maximum atomic E-state index is 11.9. The molecule has 2 rings (SSSR count). The number of carbonyl (C=O) groups excluding carboxylic acids is 1. The van der Waals surface area contributed by atoms with Gasteiger partial charge in [0.15, 0.2) is 0 Å². The summed E-state index contributed by atoms with van der Waals surface area (Å²) in [4.78, 5) is 15.9. The van der Waals surface area contributed by atoms with Crippen LogP contribution in [-0.4, -0.2) is 17.6 Å². The van der Waals surface area contributed by atoms with E-state index >= 15 is 0 Å². The lowest BCUT2D eigenvalue weighted by Gasteiger charge is -2.09. The van der Waals surface area contributed by atoms with Gasteiger partial charge < -0.3 is 15.4 Å². The van der Waals surface area contributed by atoms with E-state index in [0.29, 0.717) is 5.69 Å². The molecule has 0 aliphatic rings. The van der Waals surface area contributed by atoms with Gasteiger partial charge in [0.2, 0.25) is 0 Å². The number of carbonyl (C=O) groups is 1. The maximum Gasteiger partial charge on any atom is 0.323 e. The van der Waals surface area contributed by atoms with Crippen LogP contribution in [0.5, 0.6) is 5.75 Å². The Bertz CT molecular complexity index is 644. The van der Waals surface area contributed by atoms with Crippen molar-refractivity contribution in [2.75, 3.05) is 17.2 Å². The van der Waals surface area contributed by atoms with Crippen molar-refractivity contribution in [3.05, 3.63) is 48.8 Å². The molecule has 0 spiro atoms. The Balaban J connectivity index is 1.59. The maximum absolute atomic E-state index is 11.9. The Morgan fingerprint density at radius 1 is 0.889 bits per heavy atom. The van der Waals surface area contributed by atoms with E-state index in [0.717, 1.165) is 24.5 Å². The fraction of sp³-hybridized carbons (Fsp3) is 0.455. The van der Waals surface area contributed by atoms with Gasteiger partial charge in [-0.1, -0.05) is 51.9 Å². The number of anilines is 2. The van der Waals surface area contributed by atoms with Crippen LogP contribution in [0, 0.1) is 0 Å². The molecular weight excluding hydrogens is 338 g/mol. The number of benzene rings is 1. The van der Waals surface area contributed by atoms with Crippen LogP contribution in [-0.2, 0) is 0 Å². The average molecular weight is 370 g/mol. The summed E-state index contributed by atoms with van der Waals surface area (Å²) in [7, 11) is 0. The number of rotatable bonds is 12. The van der Waals surface area contributed by atoms with Gasteiger partial charge >= 0.3 is 6.03 Å². The van der Waals surface area contributed by atoms with Crippen LogP contribution >= 0.6 is 0 Å². The third kappa shape index (κ3) is 9.08. The molecule has 1 heterocycles. The van der Waals surface area contributed by atoms with Crippen LogP contribution in [0.2, 0.25) is 0 Å². The number of hydrogen-bond donors (Lipinski definition) is 2. The summed E-state index contributed by atoms with van der Waals surface area (Å²) in [5.74, 6) is 0.830. The first-order valence-corrected chi connectivity index (χ1v) is 9.99. The number of ether oxygens (including phenoxy) is 1. The Morgan fingerprint density at radius 3 is 2.22 bits per heavy atom. The standard InChI is InChI=1S/C22H31N3O2/c1-2-3-4-5-6-7-8-9-17-27-21-14-12-19(13-15-21)24-22(26)25-20-11-10-16-23-18-20/h10-16,18H,2-9,17H2,1H3,(H2,24,25,26). The summed E-state index contributed by atoms with van der Waals surface area (Å²) in [5.41, 5.74) is 1.37. The average Bonchev–Trinajstić information content (AvgIpc) is 2.68. The third-order valence-electron chi connectivity index (χ3n) is 4.30. The fourth-order valence-corrected chi connectivity index (χ4v) is 2.79. The molecule has 0 aliphatic carbocycles. The molecule has 146 valence electrons. The van der Waals surface area contributed by atoms with Crippen molar-refractivity contribution in [1.29, 1.82) is 0 Å². The smallest absolute Gasteiger partial charge is 0.323 e. The van der Waals surface area contributed by atoms with Crippen LogP contribution < -0.4 is 15.4 Å². The minimum Gasteiger partial charge on any atom is -0.494 e. The second-order valence-electron chi connectivity index (χ2n) is 6.67. The largest absolute Gasteiger partial charge is 0.494 e. The van der Waals surface area contributed by atoms with E-state index < -0.39 is 0 Å². The van der Waals surface area contributed by atoms with Gasteiger partial charge in [-0.2, -0.15) is 0 Å². The van der Waals surface area contributed by atoms with Crippen LogP contribution in [0.25, 0.3) is 0 Å². The molecule has 0 radical (unpaired) electrons. The Hall–Kier alpha value is -2.56. The van der Waals surface area contributed by atoms with Gasteiger partial charge in [-0.15, -0.1) is 0 Å². The summed E-state index contributed by atoms with van der Waals surface area (Å²) in [6.07, 6.45) is 13.6. The van der Waals surface area contributed by atoms with E-state index in [-0.39, 0.29) is 6.03 Å². The predicted molar refractivity (Wildman–Crippen MR) is 111 cm³/mol. The van der Waals surface area contributed by atoms with E-state index in [1.165, 1.54) is 44.9 Å². The first-order valence-electron chi connectivity index (χ1n) is 9.99. The quantitative estimate of drug-likeness (QED) is 0.435. The Kier molecular flexibility index (Phi) is 9.79. The lowest BCUT2D eigenvalue weighted by atomic mass is 10.1. The molecule has 1 aromatic heterocycles. The second-order valence-corrected chi connectivity index (χ2v) is 6.67. The Morgan fingerprint density at radius 2 is 1.56 bits per heavy atom. The Labute approximate surface area is 162 Å². The van der Waals surface area contributed by atoms with Crippen molar-refractivity contribution < 1.29 is 9.53 Å². The summed E-state index contributed by atoms with van der Waals surface area (Å²) in [5, 5.41) is 5.52. The van der Waals surface area contributed by atoms with Crippen LogP contribution in [0.1, 0.15) is 58.3 Å². The molecule has 27 heavy (non-hydrogen) atoms. The molecule has 2 aromatic rings. The summed E-state index contributed by atoms with van der Waals surface area (Å²) in [6, 6.07) is 10.7. The zero-order chi connectivity index (χ0) is 19.2. The molecule has 0 bridgehead atoms. The number of nitrogens with zero attached hydrogens (tertiary/aromatic N) is 1. The molecule has 2 N–H and O–H groups in total. The highest BCUT2D eigenvalue weighted by Crippen LogP contribution is 2.17. The molecule has 5 nitrogen and oxygen atoms in total. The number of nitrogens with one attached hydrogen (secondary N) is 2. The molecule has 0 atom stereocenters. The monoisotopic (exact) mass is 369 g/mol. The minimum absolute atomic E-state index is 0.296. The second kappa shape index (κ2) is 12.7. The van der Waals surface area contributed by atoms with Crippen molar-refractivity contribution in [3.63, 3.8) is 0 Å². The zero-order valence-corrected chi connectivity index (χ0v) is 16.2. The minimum atomic E-state index is -0.296. The first kappa shape index (κ1) is 20.7. The zero-order valence-electron chi connectivity index (χ0n) is 16.2. The van der Waals surface area contributed by atoms with Gasteiger partial charge in [0.1, 0.15) is 5.75 Å². The van der Waals surface area contributed by atoms with Crippen molar-refractivity contribution >= 4 is 17.4 Å². The van der Waals surface area contributed by atoms with Crippen molar-refractivity contribution in [2.45, 2.75) is 58.3 Å². The van der Waals surface area contributed by atoms with E-state index in [4.69, 9.17) is 4.74 Å². The lowest BCUT2D eigenvalue weighted by molar-refractivity contribution is 0.262. The first-order chi connectivity index (χ1) is 13.3. The topological polar surface area (TPSA) is 63.2 Å². The van der Waals surface area contributed by atoms with Gasteiger partial charge in [-0.3, -0.25) is 4.98 Å². The highest BCUT2D eigenvalue weighted by atomic mass is 16.5. The highest BCUT2D eigenvalue weighted by Gasteiger charge is 2.03. The van der Waals surface area contributed by atoms with Crippen molar-refractivity contribution in [3.8, 4) is 5.75 Å². The fourth-order valence-electron chi connectivity index (χ4n) is 2.79. The van der Waals surface area contributed by atoms with E-state index in [1.807, 2.05) is 24.3 Å². The molecule has 0 aliphatic heterocycles. The SMILES string of the molecule is CCCCCCCCCCOc1ccc(NC(=O)Nc2cccnc2)cc1. The number of hydrogen-bond acceptors (Lipinski definition) is 3. The van der Waals surface area contributed by atoms with Gasteiger partial charge in [0.25, 0.3) is 0 Å². The van der Waals surface area contributed by atoms with Crippen molar-refractivity contribution in [1.82, 2.24) is 4.98 Å². The molecule has 5 heteroatoms. The van der Waals surface area contributed by atoms with Crippen LogP contribution in [0.3, 0.4) is 0 Å². The molecule has 1 aromatic carbocycles. The van der Waals surface area contributed by atoms with E-state index in [9.17, 15) is 4.79 Å². The van der Waals surface area contributed by atoms with E-state index in [1.54, 1.807) is 24.5 Å². The normalized spacial score (nSPS) is 10.4. The van der Waals surface area contributed by atoms with Gasteiger partial charge in [0.05, 0.1) is 18.5 Å². The number of amides is 2. The highest BCUT2D eigenvalue weighted by molar-refractivity contribution is 5.99. The molecule has 0 saturated heterocycles. The summed E-state index contributed by atoms with van der Waals surface area (Å²) < 4.78 is 5.77. The molecule has 0 fully saturated rings. The number of urea groups is 1. The van der Waals surface area contributed by atoms with Gasteiger partial charge in [-0.25, -0.2) is 4.79 Å². The van der Waals surface area contributed by atoms with E-state index in [2.05, 4.69) is 22.5 Å². The third-order valence-corrected chi connectivity index (χ3v) is 4.30. The summed E-state index contributed by atoms with van der Waals surface area (Å²) >= 11 is 0. The van der Waals surface area contributed by atoms with Crippen molar-refractivity contribution in [2.24, 2.45) is 0 Å². The van der Waals surface area contributed by atoms with Gasteiger partial charge in [0, 0.05) is 11.9 Å². The molecule has 0 saturated carbocycles. The van der Waals surface area contributed by atoms with Crippen LogP contribution in [0.4, 0.5) is 16.2 Å². The number of pyridine rings is 1.